The summed E-state index contributed by atoms with van der Waals surface area (Å²) < 4.78 is 67.6. The zero-order chi connectivity index (χ0) is 30.7. The maximum absolute atomic E-state index is 13.2. The Morgan fingerprint density at radius 3 is 2.38 bits per heavy atom. The van der Waals surface area contributed by atoms with Gasteiger partial charge < -0.3 is 20.4 Å². The molecule has 222 valence electrons. The molecule has 15 heteroatoms. The van der Waals surface area contributed by atoms with E-state index in [1.807, 2.05) is 6.07 Å². The summed E-state index contributed by atoms with van der Waals surface area (Å²) >= 11 is 6.05. The molecule has 1 amide bonds. The number of esters is 1. The number of hydrogen-bond donors (Lipinski definition) is 3. The zero-order valence-corrected chi connectivity index (χ0v) is 22.1. The van der Waals surface area contributed by atoms with Crippen molar-refractivity contribution in [1.82, 2.24) is 20.5 Å². The summed E-state index contributed by atoms with van der Waals surface area (Å²) in [5.41, 5.74) is 2.73. The lowest BCUT2D eigenvalue weighted by Crippen LogP contribution is -2.44. The van der Waals surface area contributed by atoms with Crippen LogP contribution >= 0.6 is 11.6 Å². The van der Waals surface area contributed by atoms with E-state index < -0.39 is 49.1 Å². The van der Waals surface area contributed by atoms with Crippen LogP contribution in [0.15, 0.2) is 66.7 Å². The van der Waals surface area contributed by atoms with Crippen molar-refractivity contribution in [2.75, 3.05) is 6.61 Å². The summed E-state index contributed by atoms with van der Waals surface area (Å²) in [5, 5.41) is 30.3. The summed E-state index contributed by atoms with van der Waals surface area (Å²) in [6.45, 7) is -2.31. The van der Waals surface area contributed by atoms with E-state index in [4.69, 9.17) is 11.6 Å². The van der Waals surface area contributed by atoms with E-state index in [1.165, 1.54) is 18.2 Å². The van der Waals surface area contributed by atoms with Crippen molar-refractivity contribution < 1.29 is 46.6 Å². The fourth-order valence-corrected chi connectivity index (χ4v) is 4.19. The Labute approximate surface area is 239 Å². The number of halogens is 6. The predicted molar refractivity (Wildman–Crippen MR) is 139 cm³/mol. The third-order valence-corrected chi connectivity index (χ3v) is 6.44. The number of rotatable bonds is 10. The van der Waals surface area contributed by atoms with Crippen LogP contribution < -0.4 is 5.32 Å². The molecule has 0 spiro atoms. The normalized spacial score (nSPS) is 13.5. The van der Waals surface area contributed by atoms with E-state index in [-0.39, 0.29) is 17.5 Å². The Bertz CT molecular complexity index is 1580. The Hall–Kier alpha value is -4.30. The van der Waals surface area contributed by atoms with Gasteiger partial charge in [0.25, 0.3) is 5.91 Å². The van der Waals surface area contributed by atoms with E-state index in [2.05, 4.69) is 20.4 Å². The fraction of sp³-hybridized carbons (Fsp3) is 0.259. The maximum atomic E-state index is 13.2. The molecule has 0 radical (unpaired) electrons. The van der Waals surface area contributed by atoms with E-state index in [9.17, 15) is 41.9 Å². The quantitative estimate of drug-likeness (QED) is 0.133. The number of alkyl halides is 5. The standard InChI is InChI=1S/C27H22ClF5N4O5/c28-19-3-1-2-17(11-19)16-6-4-15(5-7-16)10-20(13-23(38)25(40)42-14-26(29,30)27(31,32)33)34-24(39)18-8-9-21-22(12-18)37(41)36-35-21/h1-9,11-12,20,23,38,41H,10,13-14H2,(H,34,39)/t20-,23?/m1/s1. The van der Waals surface area contributed by atoms with Gasteiger partial charge in [0, 0.05) is 23.0 Å². The van der Waals surface area contributed by atoms with Crippen molar-refractivity contribution in [3.8, 4) is 11.1 Å². The molecular formula is C27H22ClF5N4O5. The Morgan fingerprint density at radius 2 is 1.71 bits per heavy atom. The molecular weight excluding hydrogens is 591 g/mol. The summed E-state index contributed by atoms with van der Waals surface area (Å²) in [6, 6.07) is 17.1. The molecule has 42 heavy (non-hydrogen) atoms. The number of fused-ring (bicyclic) bond motifs is 1. The molecule has 1 heterocycles. The van der Waals surface area contributed by atoms with Gasteiger partial charge in [-0.25, -0.2) is 4.79 Å². The van der Waals surface area contributed by atoms with E-state index in [0.717, 1.165) is 11.1 Å². The summed E-state index contributed by atoms with van der Waals surface area (Å²) in [7, 11) is 0. The second-order valence-electron chi connectivity index (χ2n) is 9.33. The molecule has 4 rings (SSSR count). The minimum Gasteiger partial charge on any atom is -0.457 e. The second-order valence-corrected chi connectivity index (χ2v) is 9.76. The number of aliphatic hydroxyl groups excluding tert-OH is 1. The van der Waals surface area contributed by atoms with Crippen LogP contribution in [0.25, 0.3) is 22.2 Å². The molecule has 0 aliphatic carbocycles. The second kappa shape index (κ2) is 12.3. The van der Waals surface area contributed by atoms with Crippen molar-refractivity contribution in [3.05, 3.63) is 82.9 Å². The van der Waals surface area contributed by atoms with Crippen molar-refractivity contribution >= 4 is 34.5 Å². The Kier molecular flexibility index (Phi) is 8.97. The lowest BCUT2D eigenvalue weighted by atomic mass is 9.97. The first-order valence-electron chi connectivity index (χ1n) is 12.2. The number of aromatic nitrogens is 3. The average Bonchev–Trinajstić information content (AvgIpc) is 3.31. The third-order valence-electron chi connectivity index (χ3n) is 6.21. The SMILES string of the molecule is O=C(N[C@H](Cc1ccc(-c2cccc(Cl)c2)cc1)CC(O)C(=O)OCC(F)(F)C(F)(F)F)c1ccc2nnn(O)c2c1. The Balaban J connectivity index is 1.51. The van der Waals surface area contributed by atoms with Crippen molar-refractivity contribution in [2.45, 2.75) is 37.1 Å². The van der Waals surface area contributed by atoms with Crippen molar-refractivity contribution in [2.24, 2.45) is 0 Å². The minimum absolute atomic E-state index is 0.0202. The van der Waals surface area contributed by atoms with Gasteiger partial charge in [0.1, 0.15) is 11.0 Å². The number of benzene rings is 3. The molecule has 4 aromatic rings. The number of carbonyl (C=O) groups is 2. The molecule has 3 aromatic carbocycles. The van der Waals surface area contributed by atoms with Crippen LogP contribution in [-0.4, -0.2) is 68.2 Å². The van der Waals surface area contributed by atoms with E-state index in [0.29, 0.717) is 20.9 Å². The van der Waals surface area contributed by atoms with Gasteiger partial charge in [-0.1, -0.05) is 52.8 Å². The monoisotopic (exact) mass is 612 g/mol. The fourth-order valence-electron chi connectivity index (χ4n) is 4.00. The van der Waals surface area contributed by atoms with Crippen LogP contribution in [0.4, 0.5) is 22.0 Å². The van der Waals surface area contributed by atoms with Gasteiger partial charge in [-0.3, -0.25) is 4.79 Å². The highest BCUT2D eigenvalue weighted by Crippen LogP contribution is 2.35. The van der Waals surface area contributed by atoms with Gasteiger partial charge in [0.15, 0.2) is 12.7 Å². The number of nitrogens with zero attached hydrogens (tertiary/aromatic N) is 3. The molecule has 1 aromatic heterocycles. The minimum atomic E-state index is -5.95. The number of carbonyl (C=O) groups excluding carboxylic acids is 2. The first-order valence-corrected chi connectivity index (χ1v) is 12.6. The molecule has 1 unspecified atom stereocenters. The maximum Gasteiger partial charge on any atom is 0.456 e. The molecule has 0 saturated heterocycles. The smallest absolute Gasteiger partial charge is 0.456 e. The van der Waals surface area contributed by atoms with Crippen LogP contribution in [0.1, 0.15) is 22.3 Å². The van der Waals surface area contributed by atoms with E-state index >= 15 is 0 Å². The Morgan fingerprint density at radius 1 is 1.00 bits per heavy atom. The molecule has 0 fully saturated rings. The number of ether oxygens (including phenoxy) is 1. The lowest BCUT2D eigenvalue weighted by molar-refractivity contribution is -0.294. The molecule has 0 aliphatic rings. The predicted octanol–water partition coefficient (Wildman–Crippen LogP) is 4.82. The first kappa shape index (κ1) is 30.7. The van der Waals surface area contributed by atoms with Crippen molar-refractivity contribution in [1.29, 1.82) is 0 Å². The number of aliphatic hydroxyl groups is 1. The topological polar surface area (TPSA) is 127 Å². The molecule has 9 nitrogen and oxygen atoms in total. The van der Waals surface area contributed by atoms with Gasteiger partial charge >= 0.3 is 18.1 Å². The highest BCUT2D eigenvalue weighted by molar-refractivity contribution is 6.30. The zero-order valence-electron chi connectivity index (χ0n) is 21.4. The van der Waals surface area contributed by atoms with Crippen LogP contribution in [0.3, 0.4) is 0 Å². The van der Waals surface area contributed by atoms with Crippen LogP contribution in [-0.2, 0) is 16.0 Å². The largest absolute Gasteiger partial charge is 0.457 e. The summed E-state index contributed by atoms with van der Waals surface area (Å²) in [4.78, 5) is 25.6. The summed E-state index contributed by atoms with van der Waals surface area (Å²) in [5.74, 6) is -7.73. The average molecular weight is 613 g/mol. The number of amides is 1. The number of nitrogens with one attached hydrogen (secondary N) is 1. The molecule has 0 aliphatic heterocycles. The van der Waals surface area contributed by atoms with Gasteiger partial charge in [-0.15, -0.1) is 5.10 Å². The van der Waals surface area contributed by atoms with Crippen LogP contribution in [0, 0.1) is 0 Å². The van der Waals surface area contributed by atoms with Gasteiger partial charge in [0.05, 0.1) is 0 Å². The van der Waals surface area contributed by atoms with Crippen LogP contribution in [0.2, 0.25) is 5.02 Å². The van der Waals surface area contributed by atoms with Gasteiger partial charge in [0.2, 0.25) is 0 Å². The lowest BCUT2D eigenvalue weighted by Gasteiger charge is -2.23. The highest BCUT2D eigenvalue weighted by Gasteiger charge is 2.58. The highest BCUT2D eigenvalue weighted by atomic mass is 35.5. The van der Waals surface area contributed by atoms with Crippen LogP contribution in [0.5, 0.6) is 0 Å². The van der Waals surface area contributed by atoms with Crippen molar-refractivity contribution in [3.63, 3.8) is 0 Å². The molecule has 0 saturated carbocycles. The van der Waals surface area contributed by atoms with E-state index in [1.54, 1.807) is 42.5 Å². The molecule has 0 bridgehead atoms. The molecule has 2 atom stereocenters. The number of hydrogen-bond acceptors (Lipinski definition) is 7. The summed E-state index contributed by atoms with van der Waals surface area (Å²) in [6.07, 6.45) is -8.66. The third kappa shape index (κ3) is 7.31. The van der Waals surface area contributed by atoms with Gasteiger partial charge in [-0.2, -0.15) is 22.0 Å². The van der Waals surface area contributed by atoms with Gasteiger partial charge in [-0.05, 0) is 58.7 Å². The molecule has 3 N–H and O–H groups in total. The first-order chi connectivity index (χ1) is 19.7.